The van der Waals surface area contributed by atoms with E-state index < -0.39 is 0 Å². The summed E-state index contributed by atoms with van der Waals surface area (Å²) >= 11 is 4.08. The van der Waals surface area contributed by atoms with Crippen LogP contribution in [0.1, 0.15) is 28.8 Å². The lowest BCUT2D eigenvalue weighted by molar-refractivity contribution is 0.0933. The summed E-state index contributed by atoms with van der Waals surface area (Å²) in [5.74, 6) is 7.57. The van der Waals surface area contributed by atoms with Crippen molar-refractivity contribution in [3.05, 3.63) is 29.3 Å². The van der Waals surface area contributed by atoms with Crippen molar-refractivity contribution >= 4 is 18.4 Å². The zero-order chi connectivity index (χ0) is 11.4. The average molecular weight is 232 g/mol. The topological polar surface area (TPSA) is 26.3 Å². The van der Waals surface area contributed by atoms with Gasteiger partial charge >= 0.3 is 0 Å². The van der Waals surface area contributed by atoms with E-state index >= 15 is 0 Å². The SMILES string of the molecule is O=C1CCOc2ccc(C#CCCS)cc21. The van der Waals surface area contributed by atoms with Crippen LogP contribution in [-0.2, 0) is 0 Å². The highest BCUT2D eigenvalue weighted by Crippen LogP contribution is 2.25. The monoisotopic (exact) mass is 232 g/mol. The van der Waals surface area contributed by atoms with Gasteiger partial charge in [0.05, 0.1) is 12.2 Å². The predicted molar refractivity (Wildman–Crippen MR) is 66.2 cm³/mol. The summed E-state index contributed by atoms with van der Waals surface area (Å²) in [5.41, 5.74) is 1.52. The molecule has 3 heteroatoms. The van der Waals surface area contributed by atoms with Crippen molar-refractivity contribution in [1.82, 2.24) is 0 Å². The van der Waals surface area contributed by atoms with Crippen LogP contribution in [0.25, 0.3) is 0 Å². The highest BCUT2D eigenvalue weighted by Gasteiger charge is 2.17. The molecule has 1 aliphatic rings. The molecular weight excluding hydrogens is 220 g/mol. The highest BCUT2D eigenvalue weighted by atomic mass is 32.1. The van der Waals surface area contributed by atoms with Crippen LogP contribution in [0.5, 0.6) is 5.75 Å². The van der Waals surface area contributed by atoms with Crippen LogP contribution in [0, 0.1) is 11.8 Å². The van der Waals surface area contributed by atoms with E-state index in [1.165, 1.54) is 0 Å². The van der Waals surface area contributed by atoms with Gasteiger partial charge in [-0.3, -0.25) is 4.79 Å². The van der Waals surface area contributed by atoms with Crippen molar-refractivity contribution in [3.8, 4) is 17.6 Å². The fourth-order valence-electron chi connectivity index (χ4n) is 1.56. The molecule has 1 heterocycles. The Morgan fingerprint density at radius 2 is 2.31 bits per heavy atom. The Morgan fingerprint density at radius 3 is 3.12 bits per heavy atom. The van der Waals surface area contributed by atoms with Gasteiger partial charge in [-0.2, -0.15) is 12.6 Å². The molecule has 0 unspecified atom stereocenters. The number of hydrogen-bond acceptors (Lipinski definition) is 3. The number of hydrogen-bond donors (Lipinski definition) is 1. The van der Waals surface area contributed by atoms with E-state index in [1.807, 2.05) is 18.2 Å². The Morgan fingerprint density at radius 1 is 1.44 bits per heavy atom. The molecule has 0 radical (unpaired) electrons. The van der Waals surface area contributed by atoms with Gasteiger partial charge in [-0.25, -0.2) is 0 Å². The first-order valence-corrected chi connectivity index (χ1v) is 5.84. The summed E-state index contributed by atoms with van der Waals surface area (Å²) in [6.07, 6.45) is 1.21. The molecule has 0 saturated heterocycles. The third-order valence-electron chi connectivity index (χ3n) is 2.34. The zero-order valence-corrected chi connectivity index (χ0v) is 9.72. The Balaban J connectivity index is 2.28. The average Bonchev–Trinajstić information content (AvgIpc) is 2.30. The van der Waals surface area contributed by atoms with E-state index in [-0.39, 0.29) is 5.78 Å². The number of ketones is 1. The Hall–Kier alpha value is -1.40. The van der Waals surface area contributed by atoms with Crippen LogP contribution < -0.4 is 4.74 Å². The molecular formula is C13H12O2S. The molecule has 0 aromatic heterocycles. The van der Waals surface area contributed by atoms with Gasteiger partial charge < -0.3 is 4.74 Å². The molecule has 1 aromatic rings. The molecule has 0 atom stereocenters. The predicted octanol–water partition coefficient (Wildman–Crippen LogP) is 2.32. The molecule has 16 heavy (non-hydrogen) atoms. The lowest BCUT2D eigenvalue weighted by atomic mass is 10.0. The van der Waals surface area contributed by atoms with Gasteiger partial charge in [0.1, 0.15) is 5.75 Å². The van der Waals surface area contributed by atoms with Crippen molar-refractivity contribution in [2.45, 2.75) is 12.8 Å². The zero-order valence-electron chi connectivity index (χ0n) is 8.82. The van der Waals surface area contributed by atoms with Crippen LogP contribution >= 0.6 is 12.6 Å². The second-order valence-corrected chi connectivity index (χ2v) is 3.96. The molecule has 0 fully saturated rings. The molecule has 2 nitrogen and oxygen atoms in total. The summed E-state index contributed by atoms with van der Waals surface area (Å²) in [7, 11) is 0. The van der Waals surface area contributed by atoms with E-state index in [9.17, 15) is 4.79 Å². The fraction of sp³-hybridized carbons (Fsp3) is 0.308. The van der Waals surface area contributed by atoms with Gasteiger partial charge in [0.15, 0.2) is 5.78 Å². The highest BCUT2D eigenvalue weighted by molar-refractivity contribution is 7.80. The largest absolute Gasteiger partial charge is 0.492 e. The number of benzene rings is 1. The third-order valence-corrected chi connectivity index (χ3v) is 2.56. The van der Waals surface area contributed by atoms with Crippen molar-refractivity contribution in [3.63, 3.8) is 0 Å². The van der Waals surface area contributed by atoms with Crippen molar-refractivity contribution in [1.29, 1.82) is 0 Å². The molecule has 0 aliphatic carbocycles. The number of ether oxygens (including phenoxy) is 1. The van der Waals surface area contributed by atoms with E-state index in [0.29, 0.717) is 24.3 Å². The molecule has 1 aromatic carbocycles. The molecule has 0 amide bonds. The number of carbonyl (C=O) groups is 1. The number of thiol groups is 1. The van der Waals surface area contributed by atoms with Gasteiger partial charge in [0.25, 0.3) is 0 Å². The van der Waals surface area contributed by atoms with Gasteiger partial charge in [0.2, 0.25) is 0 Å². The number of fused-ring (bicyclic) bond motifs is 1. The molecule has 82 valence electrons. The van der Waals surface area contributed by atoms with Crippen LogP contribution in [0.3, 0.4) is 0 Å². The first kappa shape index (κ1) is 11.1. The summed E-state index contributed by atoms with van der Waals surface area (Å²) in [5, 5.41) is 0. The maximum absolute atomic E-state index is 11.6. The number of rotatable bonds is 1. The van der Waals surface area contributed by atoms with Gasteiger partial charge in [-0.05, 0) is 18.2 Å². The first-order valence-electron chi connectivity index (χ1n) is 5.21. The summed E-state index contributed by atoms with van der Waals surface area (Å²) in [4.78, 5) is 11.6. The number of carbonyl (C=O) groups excluding carboxylic acids is 1. The molecule has 0 spiro atoms. The summed E-state index contributed by atoms with van der Waals surface area (Å²) in [6, 6.07) is 5.50. The first-order chi connectivity index (χ1) is 7.81. The van der Waals surface area contributed by atoms with Crippen molar-refractivity contribution in [2.24, 2.45) is 0 Å². The molecule has 0 bridgehead atoms. The summed E-state index contributed by atoms with van der Waals surface area (Å²) < 4.78 is 5.39. The Kier molecular flexibility index (Phi) is 3.53. The van der Waals surface area contributed by atoms with Crippen LogP contribution in [0.15, 0.2) is 18.2 Å². The standard InChI is InChI=1S/C13H12O2S/c14-12-6-7-15-13-5-4-10(9-11(12)13)3-1-2-8-16/h4-5,9,16H,2,6-8H2. The Labute approximate surface area is 100 Å². The van der Waals surface area contributed by atoms with Crippen LogP contribution in [0.4, 0.5) is 0 Å². The molecule has 2 rings (SSSR count). The molecule has 0 N–H and O–H groups in total. The smallest absolute Gasteiger partial charge is 0.170 e. The quantitative estimate of drug-likeness (QED) is 0.594. The van der Waals surface area contributed by atoms with E-state index in [4.69, 9.17) is 4.74 Å². The summed E-state index contributed by atoms with van der Waals surface area (Å²) in [6.45, 7) is 0.483. The lowest BCUT2D eigenvalue weighted by Gasteiger charge is -2.15. The van der Waals surface area contributed by atoms with Crippen LogP contribution in [-0.4, -0.2) is 18.1 Å². The van der Waals surface area contributed by atoms with E-state index in [2.05, 4.69) is 24.5 Å². The second kappa shape index (κ2) is 5.09. The van der Waals surface area contributed by atoms with Crippen LogP contribution in [0.2, 0.25) is 0 Å². The molecule has 1 aliphatic heterocycles. The van der Waals surface area contributed by atoms with Gasteiger partial charge in [0, 0.05) is 24.2 Å². The van der Waals surface area contributed by atoms with E-state index in [1.54, 1.807) is 0 Å². The van der Waals surface area contributed by atoms with E-state index in [0.717, 1.165) is 17.7 Å². The fourth-order valence-corrected chi connectivity index (χ4v) is 1.67. The third kappa shape index (κ3) is 2.40. The normalized spacial score (nSPS) is 13.4. The maximum atomic E-state index is 11.6. The van der Waals surface area contributed by atoms with Crippen molar-refractivity contribution in [2.75, 3.05) is 12.4 Å². The van der Waals surface area contributed by atoms with Crippen molar-refractivity contribution < 1.29 is 9.53 Å². The Bertz CT molecular complexity index is 469. The van der Waals surface area contributed by atoms with Gasteiger partial charge in [-0.15, -0.1) is 0 Å². The minimum absolute atomic E-state index is 0.138. The molecule has 0 saturated carbocycles. The minimum atomic E-state index is 0.138. The lowest BCUT2D eigenvalue weighted by Crippen LogP contribution is -2.15. The van der Waals surface area contributed by atoms with Gasteiger partial charge in [-0.1, -0.05) is 11.8 Å². The minimum Gasteiger partial charge on any atom is -0.492 e. The maximum Gasteiger partial charge on any atom is 0.170 e. The number of Topliss-reactive ketones (excluding diaryl/α,β-unsaturated/α-hetero) is 1. The second-order valence-electron chi connectivity index (χ2n) is 3.51.